The van der Waals surface area contributed by atoms with E-state index in [4.69, 9.17) is 33.1 Å². The first-order chi connectivity index (χ1) is 27.0. The Hall–Kier alpha value is -1.89. The van der Waals surface area contributed by atoms with E-state index >= 15 is 0 Å². The van der Waals surface area contributed by atoms with Gasteiger partial charge >= 0.3 is 11.9 Å². The van der Waals surface area contributed by atoms with Crippen molar-refractivity contribution in [3.05, 3.63) is 42.0 Å². The molecule has 1 heterocycles. The number of rotatable bonds is 17. The number of hydrogen-bond acceptors (Lipinski definition) is 18. The van der Waals surface area contributed by atoms with Crippen molar-refractivity contribution in [1.29, 1.82) is 0 Å². The van der Waals surface area contributed by atoms with Crippen LogP contribution in [0.5, 0.6) is 0 Å². The minimum Gasteiger partial charge on any atom is -0.481 e. The van der Waals surface area contributed by atoms with Crippen molar-refractivity contribution in [2.45, 2.75) is 127 Å². The quantitative estimate of drug-likeness (QED) is 0.0275. The first-order valence-electron chi connectivity index (χ1n) is 19.0. The van der Waals surface area contributed by atoms with Crippen molar-refractivity contribution in [3.63, 3.8) is 0 Å². The summed E-state index contributed by atoms with van der Waals surface area (Å²) in [4.78, 5) is 26.4. The molecule has 17 nitrogen and oxygen atoms in total. The van der Waals surface area contributed by atoms with Crippen LogP contribution < -0.4 is 0 Å². The van der Waals surface area contributed by atoms with E-state index in [1.165, 1.54) is 12.1 Å². The molecule has 4 N–H and O–H groups in total. The van der Waals surface area contributed by atoms with Crippen molar-refractivity contribution in [2.24, 2.45) is 40.4 Å². The van der Waals surface area contributed by atoms with Crippen LogP contribution in [-0.4, -0.2) is 89.8 Å². The van der Waals surface area contributed by atoms with E-state index in [0.29, 0.717) is 19.3 Å². The van der Waals surface area contributed by atoms with E-state index in [9.17, 15) is 28.2 Å². The molecule has 8 unspecified atom stereocenters. The molecule has 57 heavy (non-hydrogen) atoms. The molecular weight excluding hydrogens is 813 g/mol. The Morgan fingerprint density at radius 2 is 1.67 bits per heavy atom. The average Bonchev–Trinajstić information content (AvgIpc) is 3.32. The lowest BCUT2D eigenvalue weighted by Crippen LogP contribution is -2.63. The SMILES string of the molecule is C=C1C2CCC3C4(C)CC(O[C@@H]5O[C@@H](CS(=O)(=O)c6ccc(C)cc6)[C@@H](OSOOO)[C@H](OSOOO)C5OC(=O)CC(C)C)CC(C(=O)O)C4CCC3(C2)[C@H]1O. The van der Waals surface area contributed by atoms with Gasteiger partial charge in [0, 0.05) is 11.8 Å². The van der Waals surface area contributed by atoms with Crippen LogP contribution in [-0.2, 0) is 60.7 Å². The maximum Gasteiger partial charge on any atom is 0.306 e. The summed E-state index contributed by atoms with van der Waals surface area (Å²) in [5, 5.41) is 47.4. The molecule has 6 rings (SSSR count). The zero-order valence-corrected chi connectivity index (χ0v) is 34.6. The van der Waals surface area contributed by atoms with Crippen molar-refractivity contribution < 1.29 is 80.1 Å². The van der Waals surface area contributed by atoms with Gasteiger partial charge in [0.05, 0.1) is 28.8 Å². The standard InChI is InChI=1S/C37H52O17S3/c1-19(2)14-29(38)48-32-31(50-56-54-52-43)30(49-55-53-51-42)27(18-57(44,45)24-9-6-20(3)7-10-24)47-35(32)46-23-15-25(34(40)41)26-12-13-37-16-22(21(4)33(37)39)8-11-28(37)36(26,5)17-23/h6-7,9-10,19,22-23,25-28,30-33,35,39,42-43H,4,8,11-18H2,1-3,5H3,(H,40,41)/t22?,23?,25?,26?,27-,28?,30+,31-,32?,33-,35+,36?,37?/m0/s1. The molecule has 1 aliphatic heterocycles. The molecule has 13 atom stereocenters. The third-order valence-electron chi connectivity index (χ3n) is 13.0. The lowest BCUT2D eigenvalue weighted by molar-refractivity contribution is -0.436. The van der Waals surface area contributed by atoms with Gasteiger partial charge in [-0.15, -0.1) is 8.67 Å². The number of ether oxygens (including phenoxy) is 3. The predicted octanol–water partition coefficient (Wildman–Crippen LogP) is 5.82. The number of hydrogen-bond donors (Lipinski definition) is 4. The van der Waals surface area contributed by atoms with E-state index in [-0.39, 0.29) is 66.1 Å². The van der Waals surface area contributed by atoms with Crippen molar-refractivity contribution >= 4 is 46.4 Å². The van der Waals surface area contributed by atoms with E-state index in [1.807, 2.05) is 0 Å². The smallest absolute Gasteiger partial charge is 0.306 e. The lowest BCUT2D eigenvalue weighted by Gasteiger charge is -2.62. The highest BCUT2D eigenvalue weighted by Gasteiger charge is 2.67. The van der Waals surface area contributed by atoms with Crippen LogP contribution in [0.1, 0.15) is 77.7 Å². The topological polar surface area (TPSA) is 232 Å². The number of aliphatic carboxylic acids is 1. The summed E-state index contributed by atoms with van der Waals surface area (Å²) < 4.78 is 67.4. The summed E-state index contributed by atoms with van der Waals surface area (Å²) in [6.45, 7) is 11.7. The van der Waals surface area contributed by atoms with Gasteiger partial charge < -0.3 is 24.4 Å². The van der Waals surface area contributed by atoms with Gasteiger partial charge in [0.2, 0.25) is 0 Å². The fourth-order valence-corrected chi connectivity index (χ4v) is 12.9. The Bertz CT molecular complexity index is 1700. The molecule has 5 aliphatic rings. The van der Waals surface area contributed by atoms with E-state index in [1.54, 1.807) is 32.9 Å². The Balaban J connectivity index is 1.38. The highest BCUT2D eigenvalue weighted by Crippen LogP contribution is 2.70. The zero-order valence-electron chi connectivity index (χ0n) is 32.1. The number of aliphatic hydroxyl groups excluding tert-OH is 1. The molecule has 320 valence electrons. The second-order valence-electron chi connectivity index (χ2n) is 16.8. The number of carboxylic acids is 1. The van der Waals surface area contributed by atoms with E-state index < -0.39 is 87.2 Å². The minimum absolute atomic E-state index is 0.0295. The molecule has 4 aliphatic carbocycles. The van der Waals surface area contributed by atoms with Crippen LogP contribution in [0, 0.1) is 47.3 Å². The third-order valence-corrected chi connectivity index (χ3v) is 15.6. The number of carboxylic acid groups (broad SMARTS) is 1. The van der Waals surface area contributed by atoms with Crippen LogP contribution in [0.15, 0.2) is 41.3 Å². The van der Waals surface area contributed by atoms with Crippen molar-refractivity contribution in [3.8, 4) is 0 Å². The fourth-order valence-electron chi connectivity index (χ4n) is 10.7. The fraction of sp³-hybridized carbons (Fsp3) is 0.730. The normalized spacial score (nSPS) is 37.8. The summed E-state index contributed by atoms with van der Waals surface area (Å²) in [6.07, 6.45) is -4.94. The molecule has 20 heteroatoms. The van der Waals surface area contributed by atoms with E-state index in [0.717, 1.165) is 30.4 Å². The van der Waals surface area contributed by atoms with Crippen LogP contribution >= 0.6 is 24.6 Å². The highest BCUT2D eigenvalue weighted by atomic mass is 32.2. The second-order valence-corrected chi connectivity index (χ2v) is 19.7. The maximum atomic E-state index is 13.9. The Morgan fingerprint density at radius 3 is 2.30 bits per heavy atom. The Morgan fingerprint density at radius 1 is 1.00 bits per heavy atom. The van der Waals surface area contributed by atoms with Crippen LogP contribution in [0.3, 0.4) is 0 Å². The third kappa shape index (κ3) is 9.24. The van der Waals surface area contributed by atoms with Gasteiger partial charge in [-0.25, -0.2) is 18.9 Å². The van der Waals surface area contributed by atoms with Gasteiger partial charge in [0.25, 0.3) is 0 Å². The average molecular weight is 865 g/mol. The number of sulfone groups is 1. The number of carbonyl (C=O) groups is 2. The molecule has 2 bridgehead atoms. The molecule has 0 radical (unpaired) electrons. The van der Waals surface area contributed by atoms with Crippen LogP contribution in [0.2, 0.25) is 0 Å². The summed E-state index contributed by atoms with van der Waals surface area (Å²) >= 11 is 0.207. The molecule has 4 saturated carbocycles. The van der Waals surface area contributed by atoms with Crippen LogP contribution in [0.25, 0.3) is 0 Å². The molecule has 1 aromatic carbocycles. The maximum absolute atomic E-state index is 13.9. The summed E-state index contributed by atoms with van der Waals surface area (Å²) in [7, 11) is -4.14. The molecule has 1 aromatic rings. The number of benzene rings is 1. The van der Waals surface area contributed by atoms with Gasteiger partial charge in [-0.3, -0.25) is 18.0 Å². The summed E-state index contributed by atoms with van der Waals surface area (Å²) in [5.74, 6) is -3.41. The van der Waals surface area contributed by atoms with Gasteiger partial charge in [-0.05, 0) is 98.7 Å². The number of aryl methyl sites for hydroxylation is 1. The largest absolute Gasteiger partial charge is 0.481 e. The highest BCUT2D eigenvalue weighted by molar-refractivity contribution is 7.91. The van der Waals surface area contributed by atoms with Gasteiger partial charge in [-0.1, -0.05) is 55.1 Å². The lowest BCUT2D eigenvalue weighted by atomic mass is 9.43. The summed E-state index contributed by atoms with van der Waals surface area (Å²) in [6, 6.07) is 6.14. The van der Waals surface area contributed by atoms with Gasteiger partial charge in [0.15, 0.2) is 46.9 Å². The summed E-state index contributed by atoms with van der Waals surface area (Å²) in [5.41, 5.74) is 0.631. The molecule has 1 saturated heterocycles. The first-order valence-corrected chi connectivity index (χ1v) is 22.0. The predicted molar refractivity (Wildman–Crippen MR) is 200 cm³/mol. The van der Waals surface area contributed by atoms with Crippen molar-refractivity contribution in [1.82, 2.24) is 0 Å². The first kappa shape index (κ1) is 44.7. The number of fused-ring (bicyclic) bond motifs is 3. The number of esters is 1. The monoisotopic (exact) mass is 864 g/mol. The number of carbonyl (C=O) groups excluding carboxylic acids is 1. The van der Waals surface area contributed by atoms with Gasteiger partial charge in [0.1, 0.15) is 18.3 Å². The molecule has 5 fully saturated rings. The second kappa shape index (κ2) is 18.4. The van der Waals surface area contributed by atoms with Crippen LogP contribution in [0.4, 0.5) is 0 Å². The molecular formula is C37H52O17S3. The molecule has 1 spiro atoms. The number of aliphatic hydroxyl groups is 1. The minimum atomic E-state index is -4.14. The molecule has 0 aromatic heterocycles. The van der Waals surface area contributed by atoms with E-state index in [2.05, 4.69) is 32.2 Å². The Kier molecular flexibility index (Phi) is 14.4. The van der Waals surface area contributed by atoms with Gasteiger partial charge in [-0.2, -0.15) is 0 Å². The Labute approximate surface area is 340 Å². The molecule has 0 amide bonds. The van der Waals surface area contributed by atoms with Crippen molar-refractivity contribution in [2.75, 3.05) is 5.75 Å². The zero-order chi connectivity index (χ0) is 41.3.